The second kappa shape index (κ2) is 7.37. The molecular formula is C22H27NO8. The van der Waals surface area contributed by atoms with Gasteiger partial charge in [0.15, 0.2) is 23.3 Å². The van der Waals surface area contributed by atoms with Crippen LogP contribution in [0.3, 0.4) is 0 Å². The van der Waals surface area contributed by atoms with Gasteiger partial charge in [-0.1, -0.05) is 31.6 Å². The van der Waals surface area contributed by atoms with Gasteiger partial charge in [-0.2, -0.15) is 0 Å². The first-order valence-electron chi connectivity index (χ1n) is 10.3. The fraction of sp³-hybridized carbons (Fsp3) is 0.591. The van der Waals surface area contributed by atoms with Crippen LogP contribution < -0.4 is 5.32 Å². The van der Waals surface area contributed by atoms with Crippen molar-refractivity contribution in [1.82, 2.24) is 5.32 Å². The number of hydrogen-bond donors (Lipinski definition) is 3. The van der Waals surface area contributed by atoms with Gasteiger partial charge in [-0.3, -0.25) is 14.4 Å². The lowest BCUT2D eigenvalue weighted by Crippen LogP contribution is -2.67. The summed E-state index contributed by atoms with van der Waals surface area (Å²) in [5.41, 5.74) is -0.637. The Balaban J connectivity index is 1.53. The molecule has 0 aromatic rings. The van der Waals surface area contributed by atoms with Crippen molar-refractivity contribution >= 4 is 17.5 Å². The number of allylic oxidation sites excluding steroid dienone is 3. The molecular weight excluding hydrogens is 406 g/mol. The molecule has 4 heterocycles. The number of rotatable bonds is 5. The number of amides is 1. The Kier molecular flexibility index (Phi) is 5.20. The van der Waals surface area contributed by atoms with Gasteiger partial charge >= 0.3 is 0 Å². The van der Waals surface area contributed by atoms with Crippen molar-refractivity contribution in [3.63, 3.8) is 0 Å². The largest absolute Gasteiger partial charge is 0.507 e. The summed E-state index contributed by atoms with van der Waals surface area (Å²) in [5.74, 6) is -3.20. The van der Waals surface area contributed by atoms with Crippen molar-refractivity contribution in [3.05, 3.63) is 35.1 Å². The van der Waals surface area contributed by atoms with Crippen LogP contribution >= 0.6 is 0 Å². The number of aliphatic hydroxyl groups is 2. The molecule has 2 bridgehead atoms. The normalized spacial score (nSPS) is 42.5. The summed E-state index contributed by atoms with van der Waals surface area (Å²) < 4.78 is 17.8. The molecule has 1 amide bonds. The Morgan fingerprint density at radius 3 is 2.58 bits per heavy atom. The first kappa shape index (κ1) is 21.9. The van der Waals surface area contributed by atoms with E-state index in [2.05, 4.69) is 5.32 Å². The van der Waals surface area contributed by atoms with Crippen LogP contribution in [0.2, 0.25) is 0 Å². The van der Waals surface area contributed by atoms with Crippen LogP contribution in [-0.4, -0.2) is 70.5 Å². The maximum atomic E-state index is 12.7. The highest BCUT2D eigenvalue weighted by atomic mass is 16.8. The SMILES string of the molecule is CC(C=CC(O)=C1C(=O)CNC1=O)=C[C@H](C)C1O[C@@]2(C)OC(C(=O)[C@@H]3O[C@@]32CO)[C@@H]1C. The second-order valence-electron chi connectivity index (χ2n) is 8.84. The molecule has 7 atom stereocenters. The van der Waals surface area contributed by atoms with Gasteiger partial charge in [-0.25, -0.2) is 0 Å². The molecule has 0 saturated carbocycles. The van der Waals surface area contributed by atoms with Crippen LogP contribution in [0.4, 0.5) is 0 Å². The minimum atomic E-state index is -1.23. The molecule has 4 saturated heterocycles. The van der Waals surface area contributed by atoms with Crippen LogP contribution in [0.15, 0.2) is 35.1 Å². The minimum absolute atomic E-state index is 0.116. The second-order valence-corrected chi connectivity index (χ2v) is 8.84. The highest BCUT2D eigenvalue weighted by molar-refractivity contribution is 6.25. The summed E-state index contributed by atoms with van der Waals surface area (Å²) >= 11 is 0. The standard InChI is InChI=1S/C22H27NO8/c1-10(5-6-13(25)15-14(26)8-23-20(15)28)7-11(2)17-12(3)18-16(27)19-22(9-24,31-19)21(4,29-17)30-18/h5-7,11-12,17-19,24-25H,8-9H2,1-4H3,(H,23,28)/t11-,12+,17?,18?,19-,21-,22-/m0/s1. The average Bonchev–Trinajstić information content (AvgIpc) is 3.40. The third kappa shape index (κ3) is 3.27. The first-order chi connectivity index (χ1) is 14.5. The molecule has 31 heavy (non-hydrogen) atoms. The number of aliphatic hydroxyl groups excluding tert-OH is 2. The van der Waals surface area contributed by atoms with E-state index in [1.54, 1.807) is 13.0 Å². The predicted molar refractivity (Wildman–Crippen MR) is 107 cm³/mol. The van der Waals surface area contributed by atoms with E-state index in [1.165, 1.54) is 6.08 Å². The number of ketones is 2. The van der Waals surface area contributed by atoms with E-state index < -0.39 is 35.3 Å². The zero-order chi connectivity index (χ0) is 22.7. The number of fused-ring (bicyclic) bond motifs is 4. The van der Waals surface area contributed by atoms with Crippen molar-refractivity contribution in [2.75, 3.05) is 13.2 Å². The van der Waals surface area contributed by atoms with E-state index >= 15 is 0 Å². The highest BCUT2D eigenvalue weighted by Gasteiger charge is 2.78. The van der Waals surface area contributed by atoms with Gasteiger partial charge in [-0.05, 0) is 19.9 Å². The Morgan fingerprint density at radius 2 is 1.97 bits per heavy atom. The predicted octanol–water partition coefficient (Wildman–Crippen LogP) is 0.485. The average molecular weight is 433 g/mol. The summed E-state index contributed by atoms with van der Waals surface area (Å²) in [6.45, 7) is 6.84. The lowest BCUT2D eigenvalue weighted by molar-refractivity contribution is -0.355. The van der Waals surface area contributed by atoms with Crippen molar-refractivity contribution in [1.29, 1.82) is 0 Å². The van der Waals surface area contributed by atoms with Crippen LogP contribution in [0.1, 0.15) is 27.7 Å². The fourth-order valence-electron chi connectivity index (χ4n) is 4.82. The Labute approximate surface area is 179 Å². The van der Waals surface area contributed by atoms with E-state index in [4.69, 9.17) is 14.2 Å². The first-order valence-corrected chi connectivity index (χ1v) is 10.3. The maximum Gasteiger partial charge on any atom is 0.259 e. The summed E-state index contributed by atoms with van der Waals surface area (Å²) in [5, 5.41) is 22.3. The zero-order valence-corrected chi connectivity index (χ0v) is 17.9. The molecule has 4 aliphatic rings. The number of carbonyl (C=O) groups is 3. The zero-order valence-electron chi connectivity index (χ0n) is 17.9. The van der Waals surface area contributed by atoms with Gasteiger partial charge in [0.05, 0.1) is 19.3 Å². The molecule has 9 heteroatoms. The molecule has 2 unspecified atom stereocenters. The van der Waals surface area contributed by atoms with Gasteiger partial charge in [-0.15, -0.1) is 0 Å². The van der Waals surface area contributed by atoms with Crippen LogP contribution in [-0.2, 0) is 28.6 Å². The summed E-state index contributed by atoms with van der Waals surface area (Å²) in [6, 6.07) is 0. The van der Waals surface area contributed by atoms with Gasteiger partial charge in [0.1, 0.15) is 17.4 Å². The number of carbonyl (C=O) groups excluding carboxylic acids is 3. The van der Waals surface area contributed by atoms with Gasteiger partial charge in [0.2, 0.25) is 5.79 Å². The van der Waals surface area contributed by atoms with E-state index in [9.17, 15) is 24.6 Å². The van der Waals surface area contributed by atoms with Gasteiger partial charge in [0, 0.05) is 11.8 Å². The number of hydrogen-bond acceptors (Lipinski definition) is 8. The summed E-state index contributed by atoms with van der Waals surface area (Å²) in [7, 11) is 0. The molecule has 168 valence electrons. The number of ether oxygens (including phenoxy) is 3. The number of epoxide rings is 1. The highest BCUT2D eigenvalue weighted by Crippen LogP contribution is 2.57. The minimum Gasteiger partial charge on any atom is -0.507 e. The molecule has 4 aliphatic heterocycles. The molecule has 9 nitrogen and oxygen atoms in total. The Morgan fingerprint density at radius 1 is 1.26 bits per heavy atom. The van der Waals surface area contributed by atoms with Gasteiger partial charge < -0.3 is 29.7 Å². The monoisotopic (exact) mass is 433 g/mol. The van der Waals surface area contributed by atoms with Crippen LogP contribution in [0.5, 0.6) is 0 Å². The Hall–Kier alpha value is -2.33. The topological polar surface area (TPSA) is 135 Å². The van der Waals surface area contributed by atoms with Crippen LogP contribution in [0.25, 0.3) is 0 Å². The summed E-state index contributed by atoms with van der Waals surface area (Å²) in [6.07, 6.45) is 3.07. The van der Waals surface area contributed by atoms with Crippen molar-refractivity contribution in [3.8, 4) is 0 Å². The molecule has 0 spiro atoms. The molecule has 4 fully saturated rings. The molecule has 0 aromatic heterocycles. The quantitative estimate of drug-likeness (QED) is 0.187. The molecule has 0 aliphatic carbocycles. The van der Waals surface area contributed by atoms with Crippen molar-refractivity contribution in [2.24, 2.45) is 11.8 Å². The fourth-order valence-corrected chi connectivity index (χ4v) is 4.82. The third-order valence-electron chi connectivity index (χ3n) is 6.67. The van der Waals surface area contributed by atoms with E-state index in [0.29, 0.717) is 0 Å². The number of Topliss-reactive ketones (excluding diaryl/α,β-unsaturated/α-hetero) is 2. The smallest absolute Gasteiger partial charge is 0.259 e. The maximum absolute atomic E-state index is 12.7. The van der Waals surface area contributed by atoms with Crippen molar-refractivity contribution in [2.45, 2.75) is 57.4 Å². The Bertz CT molecular complexity index is 918. The third-order valence-corrected chi connectivity index (χ3v) is 6.67. The van der Waals surface area contributed by atoms with E-state index in [1.807, 2.05) is 26.8 Å². The molecule has 4 rings (SSSR count). The lowest BCUT2D eigenvalue weighted by atomic mass is 9.78. The van der Waals surface area contributed by atoms with E-state index in [-0.39, 0.29) is 48.2 Å². The van der Waals surface area contributed by atoms with Gasteiger partial charge in [0.25, 0.3) is 5.91 Å². The summed E-state index contributed by atoms with van der Waals surface area (Å²) in [4.78, 5) is 36.0. The molecule has 3 N–H and O–H groups in total. The molecule has 0 radical (unpaired) electrons. The van der Waals surface area contributed by atoms with Crippen LogP contribution in [0, 0.1) is 11.8 Å². The lowest BCUT2D eigenvalue weighted by Gasteiger charge is -2.51. The molecule has 0 aromatic carbocycles. The number of nitrogens with one attached hydrogen (secondary N) is 1. The van der Waals surface area contributed by atoms with E-state index in [0.717, 1.165) is 5.57 Å². The van der Waals surface area contributed by atoms with Crippen molar-refractivity contribution < 1.29 is 38.8 Å².